The van der Waals surface area contributed by atoms with Crippen LogP contribution in [0.4, 0.5) is 0 Å². The first kappa shape index (κ1) is 14.1. The number of hydrogen-bond donors (Lipinski definition) is 1. The average Bonchev–Trinajstić information content (AvgIpc) is 2.52. The minimum absolute atomic E-state index is 0.00391. The molecule has 0 saturated heterocycles. The fourth-order valence-corrected chi connectivity index (χ4v) is 3.91. The Hall–Kier alpha value is -1.86. The lowest BCUT2D eigenvalue weighted by Crippen LogP contribution is -2.38. The van der Waals surface area contributed by atoms with Crippen molar-refractivity contribution < 1.29 is 0 Å². The lowest BCUT2D eigenvalue weighted by Gasteiger charge is -2.43. The molecule has 0 spiro atoms. The van der Waals surface area contributed by atoms with Crippen LogP contribution in [0.1, 0.15) is 37.0 Å². The highest BCUT2D eigenvalue weighted by Gasteiger charge is 2.41. The zero-order valence-electron chi connectivity index (χ0n) is 12.8. The molecule has 0 saturated carbocycles. The molecule has 2 atom stereocenters. The van der Waals surface area contributed by atoms with E-state index < -0.39 is 0 Å². The fourth-order valence-electron chi connectivity index (χ4n) is 3.91. The van der Waals surface area contributed by atoms with Crippen LogP contribution < -0.4 is 5.73 Å². The molecule has 2 unspecified atom stereocenters. The largest absolute Gasteiger partial charge is 0.330 e. The van der Waals surface area contributed by atoms with Gasteiger partial charge in [0.2, 0.25) is 0 Å². The Balaban J connectivity index is 2.25. The minimum Gasteiger partial charge on any atom is -0.330 e. The fraction of sp³-hybridized carbons (Fsp3) is 0.300. The standard InChI is InChI=1S/C20H23N/c1-15-14-16-8-6-7-11-19(16)20(2,18(15)12-13-21)17-9-4-3-5-10-17/h3-11,14,18H,12-13,21H2,1-2H3. The maximum atomic E-state index is 5.91. The Labute approximate surface area is 127 Å². The zero-order valence-corrected chi connectivity index (χ0v) is 12.8. The SMILES string of the molecule is CC1=Cc2ccccc2C(C)(c2ccccc2)C1CCN. The number of benzene rings is 2. The maximum absolute atomic E-state index is 5.91. The van der Waals surface area contributed by atoms with Gasteiger partial charge in [-0.15, -0.1) is 0 Å². The van der Waals surface area contributed by atoms with E-state index >= 15 is 0 Å². The molecular weight excluding hydrogens is 254 g/mol. The van der Waals surface area contributed by atoms with Crippen molar-refractivity contribution in [3.63, 3.8) is 0 Å². The number of fused-ring (bicyclic) bond motifs is 1. The number of nitrogens with two attached hydrogens (primary N) is 1. The minimum atomic E-state index is -0.00391. The lowest BCUT2D eigenvalue weighted by atomic mass is 9.60. The predicted molar refractivity (Wildman–Crippen MR) is 90.2 cm³/mol. The van der Waals surface area contributed by atoms with Crippen molar-refractivity contribution in [2.24, 2.45) is 11.7 Å². The summed E-state index contributed by atoms with van der Waals surface area (Å²) >= 11 is 0. The summed E-state index contributed by atoms with van der Waals surface area (Å²) in [5.41, 5.74) is 11.5. The highest BCUT2D eigenvalue weighted by Crippen LogP contribution is 2.48. The van der Waals surface area contributed by atoms with Crippen LogP contribution in [-0.4, -0.2) is 6.54 Å². The summed E-state index contributed by atoms with van der Waals surface area (Å²) in [6.45, 7) is 5.34. The quantitative estimate of drug-likeness (QED) is 0.885. The summed E-state index contributed by atoms with van der Waals surface area (Å²) in [5.74, 6) is 0.458. The number of allylic oxidation sites excluding steroid dienone is 1. The van der Waals surface area contributed by atoms with E-state index in [4.69, 9.17) is 5.73 Å². The summed E-state index contributed by atoms with van der Waals surface area (Å²) in [6.07, 6.45) is 3.35. The van der Waals surface area contributed by atoms with E-state index in [2.05, 4.69) is 74.5 Å². The molecule has 1 nitrogen and oxygen atoms in total. The van der Waals surface area contributed by atoms with Crippen molar-refractivity contribution in [2.75, 3.05) is 6.54 Å². The third-order valence-corrected chi connectivity index (χ3v) is 4.98. The molecule has 2 N–H and O–H groups in total. The molecule has 2 aromatic rings. The van der Waals surface area contributed by atoms with Crippen LogP contribution in [0.3, 0.4) is 0 Å². The van der Waals surface area contributed by atoms with Crippen molar-refractivity contribution in [3.8, 4) is 0 Å². The van der Waals surface area contributed by atoms with Gasteiger partial charge in [0.1, 0.15) is 0 Å². The molecule has 0 heterocycles. The van der Waals surface area contributed by atoms with E-state index in [9.17, 15) is 0 Å². The molecule has 0 fully saturated rings. The van der Waals surface area contributed by atoms with Gasteiger partial charge in [-0.1, -0.05) is 73.2 Å². The van der Waals surface area contributed by atoms with E-state index in [1.165, 1.54) is 22.3 Å². The molecule has 0 aromatic heterocycles. The average molecular weight is 277 g/mol. The van der Waals surface area contributed by atoms with E-state index in [1.807, 2.05) is 0 Å². The van der Waals surface area contributed by atoms with Gasteiger partial charge in [0.05, 0.1) is 0 Å². The molecule has 1 heteroatoms. The van der Waals surface area contributed by atoms with Gasteiger partial charge in [-0.3, -0.25) is 0 Å². The van der Waals surface area contributed by atoms with Gasteiger partial charge in [-0.05, 0) is 42.5 Å². The molecule has 1 aliphatic rings. The Kier molecular flexibility index (Phi) is 3.69. The molecule has 3 rings (SSSR count). The first-order chi connectivity index (χ1) is 10.2. The summed E-state index contributed by atoms with van der Waals surface area (Å²) in [5, 5.41) is 0. The second-order valence-electron chi connectivity index (χ2n) is 6.17. The summed E-state index contributed by atoms with van der Waals surface area (Å²) < 4.78 is 0. The molecule has 0 amide bonds. The predicted octanol–water partition coefficient (Wildman–Crippen LogP) is 4.37. The van der Waals surface area contributed by atoms with Crippen molar-refractivity contribution >= 4 is 6.08 Å². The van der Waals surface area contributed by atoms with Crippen molar-refractivity contribution in [3.05, 3.63) is 76.9 Å². The zero-order chi connectivity index (χ0) is 14.9. The van der Waals surface area contributed by atoms with E-state index in [0.717, 1.165) is 13.0 Å². The molecule has 108 valence electrons. The van der Waals surface area contributed by atoms with Crippen LogP contribution in [0, 0.1) is 5.92 Å². The summed E-state index contributed by atoms with van der Waals surface area (Å²) in [4.78, 5) is 0. The third-order valence-electron chi connectivity index (χ3n) is 4.98. The van der Waals surface area contributed by atoms with Gasteiger partial charge >= 0.3 is 0 Å². The van der Waals surface area contributed by atoms with E-state index in [-0.39, 0.29) is 5.41 Å². The highest BCUT2D eigenvalue weighted by molar-refractivity contribution is 5.65. The van der Waals surface area contributed by atoms with Crippen molar-refractivity contribution in [2.45, 2.75) is 25.7 Å². The van der Waals surface area contributed by atoms with Gasteiger partial charge in [0.25, 0.3) is 0 Å². The third kappa shape index (κ3) is 2.22. The van der Waals surface area contributed by atoms with Crippen LogP contribution >= 0.6 is 0 Å². The Morgan fingerprint density at radius 2 is 1.67 bits per heavy atom. The van der Waals surface area contributed by atoms with E-state index in [1.54, 1.807) is 0 Å². The molecule has 1 aliphatic carbocycles. The molecule has 0 aliphatic heterocycles. The van der Waals surface area contributed by atoms with Gasteiger partial charge in [-0.25, -0.2) is 0 Å². The second kappa shape index (κ2) is 5.50. The second-order valence-corrected chi connectivity index (χ2v) is 6.17. The normalized spacial score (nSPS) is 24.3. The molecular formula is C20H23N. The summed E-state index contributed by atoms with van der Waals surface area (Å²) in [7, 11) is 0. The highest BCUT2D eigenvalue weighted by atomic mass is 14.5. The van der Waals surface area contributed by atoms with Crippen LogP contribution in [0.25, 0.3) is 6.08 Å². The van der Waals surface area contributed by atoms with Gasteiger partial charge in [0.15, 0.2) is 0 Å². The van der Waals surface area contributed by atoms with Gasteiger partial charge < -0.3 is 5.73 Å². The van der Waals surface area contributed by atoms with Crippen molar-refractivity contribution in [1.29, 1.82) is 0 Å². The molecule has 2 aromatic carbocycles. The number of rotatable bonds is 3. The number of hydrogen-bond acceptors (Lipinski definition) is 1. The van der Waals surface area contributed by atoms with Crippen LogP contribution in [-0.2, 0) is 5.41 Å². The lowest BCUT2D eigenvalue weighted by molar-refractivity contribution is 0.372. The van der Waals surface area contributed by atoms with Crippen LogP contribution in [0.15, 0.2) is 60.2 Å². The Bertz CT molecular complexity index is 657. The molecule has 0 radical (unpaired) electrons. The molecule has 21 heavy (non-hydrogen) atoms. The topological polar surface area (TPSA) is 26.0 Å². The van der Waals surface area contributed by atoms with Gasteiger partial charge in [-0.2, -0.15) is 0 Å². The first-order valence-corrected chi connectivity index (χ1v) is 7.71. The first-order valence-electron chi connectivity index (χ1n) is 7.71. The van der Waals surface area contributed by atoms with Crippen molar-refractivity contribution in [1.82, 2.24) is 0 Å². The van der Waals surface area contributed by atoms with Crippen LogP contribution in [0.5, 0.6) is 0 Å². The van der Waals surface area contributed by atoms with E-state index in [0.29, 0.717) is 5.92 Å². The van der Waals surface area contributed by atoms with Gasteiger partial charge in [0, 0.05) is 5.41 Å². The Morgan fingerprint density at radius 3 is 2.38 bits per heavy atom. The molecule has 0 bridgehead atoms. The Morgan fingerprint density at radius 1 is 1.00 bits per heavy atom. The van der Waals surface area contributed by atoms with Crippen LogP contribution in [0.2, 0.25) is 0 Å². The smallest absolute Gasteiger partial charge is 0.0246 e. The summed E-state index contributed by atoms with van der Waals surface area (Å²) in [6, 6.07) is 19.6. The maximum Gasteiger partial charge on any atom is 0.0246 e. The monoisotopic (exact) mass is 277 g/mol.